The molecule has 0 aliphatic heterocycles. The van der Waals surface area contributed by atoms with Gasteiger partial charge in [0.2, 0.25) is 5.75 Å². The number of benzene rings is 3. The van der Waals surface area contributed by atoms with Crippen molar-refractivity contribution in [3.05, 3.63) is 81.3 Å². The first-order chi connectivity index (χ1) is 19.9. The number of carbonyl (C=O) groups is 1. The number of halogens is 1. The van der Waals surface area contributed by atoms with E-state index < -0.39 is 0 Å². The number of nitrogens with zero attached hydrogens (tertiary/aromatic N) is 2. The third-order valence-corrected chi connectivity index (χ3v) is 7.17. The third kappa shape index (κ3) is 6.22. The molecule has 0 atom stereocenters. The SMILES string of the molecule is COc1ccc(-c2csc(C(C#N)=CNc3ccc(Cl)cc3C(=O)c3cc(OC)c(OC)c(OC)c3)n2)cc1OC. The average Bonchev–Trinajstić information content (AvgIpc) is 3.50. The van der Waals surface area contributed by atoms with Gasteiger partial charge in [-0.15, -0.1) is 11.3 Å². The Balaban J connectivity index is 1.65. The summed E-state index contributed by atoms with van der Waals surface area (Å²) < 4.78 is 26.8. The second-order valence-corrected chi connectivity index (χ2v) is 9.65. The number of anilines is 1. The molecule has 4 aromatic rings. The van der Waals surface area contributed by atoms with E-state index in [4.69, 9.17) is 35.3 Å². The van der Waals surface area contributed by atoms with Crippen LogP contribution in [0.5, 0.6) is 28.7 Å². The number of hydrogen-bond donors (Lipinski definition) is 1. The Kier molecular flexibility index (Phi) is 9.34. The highest BCUT2D eigenvalue weighted by Crippen LogP contribution is 2.39. The fraction of sp³-hybridized carbons (Fsp3) is 0.167. The number of ketones is 1. The molecule has 0 saturated heterocycles. The highest BCUT2D eigenvalue weighted by atomic mass is 35.5. The molecule has 0 saturated carbocycles. The van der Waals surface area contributed by atoms with E-state index in [1.807, 2.05) is 17.5 Å². The van der Waals surface area contributed by atoms with Gasteiger partial charge in [-0.1, -0.05) is 11.6 Å². The highest BCUT2D eigenvalue weighted by molar-refractivity contribution is 7.11. The molecule has 0 unspecified atom stereocenters. The van der Waals surface area contributed by atoms with Gasteiger partial charge in [-0.3, -0.25) is 4.79 Å². The summed E-state index contributed by atoms with van der Waals surface area (Å²) in [6, 6.07) is 15.6. The molecule has 0 fully saturated rings. The first kappa shape index (κ1) is 29.3. The number of carbonyl (C=O) groups excluding carboxylic acids is 1. The van der Waals surface area contributed by atoms with Crippen molar-refractivity contribution in [3.8, 4) is 46.1 Å². The summed E-state index contributed by atoms with van der Waals surface area (Å²) >= 11 is 7.57. The Labute approximate surface area is 246 Å². The maximum atomic E-state index is 13.6. The van der Waals surface area contributed by atoms with Crippen molar-refractivity contribution >= 4 is 40.0 Å². The van der Waals surface area contributed by atoms with Gasteiger partial charge in [0.25, 0.3) is 0 Å². The summed E-state index contributed by atoms with van der Waals surface area (Å²) in [4.78, 5) is 18.3. The van der Waals surface area contributed by atoms with Crippen molar-refractivity contribution in [1.82, 2.24) is 4.98 Å². The van der Waals surface area contributed by atoms with Gasteiger partial charge in [0, 0.05) is 39.0 Å². The Hall–Kier alpha value is -4.72. The lowest BCUT2D eigenvalue weighted by Crippen LogP contribution is -2.07. The Morgan fingerprint density at radius 1 is 0.902 bits per heavy atom. The number of allylic oxidation sites excluding steroid dienone is 1. The number of rotatable bonds is 11. The molecule has 4 rings (SSSR count). The van der Waals surface area contributed by atoms with Crippen LogP contribution in [0.4, 0.5) is 5.69 Å². The van der Waals surface area contributed by atoms with E-state index in [-0.39, 0.29) is 16.9 Å². The zero-order valence-electron chi connectivity index (χ0n) is 22.9. The van der Waals surface area contributed by atoms with Crippen molar-refractivity contribution in [2.75, 3.05) is 40.9 Å². The van der Waals surface area contributed by atoms with Gasteiger partial charge in [-0.25, -0.2) is 4.98 Å². The molecule has 1 aromatic heterocycles. The monoisotopic (exact) mass is 591 g/mol. The summed E-state index contributed by atoms with van der Waals surface area (Å²) in [5.74, 6) is 1.89. The fourth-order valence-corrected chi connectivity index (χ4v) is 4.98. The van der Waals surface area contributed by atoms with E-state index in [1.54, 1.807) is 50.6 Å². The molecule has 11 heteroatoms. The van der Waals surface area contributed by atoms with Crippen molar-refractivity contribution in [2.45, 2.75) is 0 Å². The first-order valence-corrected chi connectivity index (χ1v) is 13.3. The van der Waals surface area contributed by atoms with Crippen LogP contribution in [0.15, 0.2) is 60.1 Å². The lowest BCUT2D eigenvalue weighted by Gasteiger charge is -2.15. The molecule has 0 aliphatic rings. The van der Waals surface area contributed by atoms with E-state index in [0.29, 0.717) is 55.7 Å². The van der Waals surface area contributed by atoms with Crippen LogP contribution in [-0.2, 0) is 0 Å². The molecule has 0 radical (unpaired) electrons. The van der Waals surface area contributed by atoms with Gasteiger partial charge in [0.15, 0.2) is 28.8 Å². The summed E-state index contributed by atoms with van der Waals surface area (Å²) in [6.07, 6.45) is 1.51. The number of thiazole rings is 1. The van der Waals surface area contributed by atoms with Crippen LogP contribution < -0.4 is 29.0 Å². The molecule has 0 amide bonds. The van der Waals surface area contributed by atoms with Crippen LogP contribution in [0.25, 0.3) is 16.8 Å². The molecule has 9 nitrogen and oxygen atoms in total. The lowest BCUT2D eigenvalue weighted by molar-refractivity contribution is 0.103. The maximum Gasteiger partial charge on any atom is 0.203 e. The minimum Gasteiger partial charge on any atom is -0.493 e. The van der Waals surface area contributed by atoms with E-state index in [1.165, 1.54) is 38.9 Å². The molecular weight excluding hydrogens is 566 g/mol. The number of hydrogen-bond acceptors (Lipinski definition) is 10. The van der Waals surface area contributed by atoms with Crippen molar-refractivity contribution in [1.29, 1.82) is 5.26 Å². The average molecular weight is 592 g/mol. The molecule has 0 bridgehead atoms. The predicted octanol–water partition coefficient (Wildman–Crippen LogP) is 6.71. The van der Waals surface area contributed by atoms with Gasteiger partial charge < -0.3 is 29.0 Å². The molecular formula is C30H26ClN3O6S. The normalized spacial score (nSPS) is 10.9. The molecule has 210 valence electrons. The van der Waals surface area contributed by atoms with E-state index in [2.05, 4.69) is 16.4 Å². The van der Waals surface area contributed by atoms with Crippen LogP contribution >= 0.6 is 22.9 Å². The zero-order chi connectivity index (χ0) is 29.5. The third-order valence-electron chi connectivity index (χ3n) is 6.06. The molecule has 1 N–H and O–H groups in total. The standard InChI is InChI=1S/C30H26ClN3O6S/c1-36-24-9-6-17(10-25(24)37-2)23-16-41-30(34-23)19(14-32)15-33-22-8-7-20(31)13-21(22)28(35)18-11-26(38-3)29(40-5)27(12-18)39-4/h6-13,15-16,33H,1-5H3. The lowest BCUT2D eigenvalue weighted by atomic mass is 10.0. The number of nitrogens with one attached hydrogen (secondary N) is 1. The predicted molar refractivity (Wildman–Crippen MR) is 159 cm³/mol. The Bertz CT molecular complexity index is 1640. The summed E-state index contributed by atoms with van der Waals surface area (Å²) in [6.45, 7) is 0. The van der Waals surface area contributed by atoms with Crippen LogP contribution in [0.2, 0.25) is 5.02 Å². The number of aromatic nitrogens is 1. The number of methoxy groups -OCH3 is 5. The van der Waals surface area contributed by atoms with Crippen molar-refractivity contribution in [3.63, 3.8) is 0 Å². The summed E-state index contributed by atoms with van der Waals surface area (Å²) in [5, 5.41) is 15.7. The number of ether oxygens (including phenoxy) is 5. The Morgan fingerprint density at radius 2 is 1.59 bits per heavy atom. The second kappa shape index (κ2) is 13.1. The molecule has 1 heterocycles. The largest absolute Gasteiger partial charge is 0.493 e. The maximum absolute atomic E-state index is 13.6. The van der Waals surface area contributed by atoms with E-state index in [0.717, 1.165) is 5.56 Å². The number of nitriles is 1. The first-order valence-electron chi connectivity index (χ1n) is 12.1. The van der Waals surface area contributed by atoms with Gasteiger partial charge in [0.1, 0.15) is 16.6 Å². The van der Waals surface area contributed by atoms with Crippen LogP contribution in [-0.4, -0.2) is 46.3 Å². The Morgan fingerprint density at radius 3 is 2.20 bits per heavy atom. The van der Waals surface area contributed by atoms with Gasteiger partial charge >= 0.3 is 0 Å². The quantitative estimate of drug-likeness (QED) is 0.150. The van der Waals surface area contributed by atoms with Gasteiger partial charge in [-0.05, 0) is 48.5 Å². The van der Waals surface area contributed by atoms with Gasteiger partial charge in [-0.2, -0.15) is 5.26 Å². The minimum atomic E-state index is -0.342. The van der Waals surface area contributed by atoms with E-state index in [9.17, 15) is 10.1 Å². The second-order valence-electron chi connectivity index (χ2n) is 8.35. The smallest absolute Gasteiger partial charge is 0.203 e. The molecule has 0 aliphatic carbocycles. The zero-order valence-corrected chi connectivity index (χ0v) is 24.5. The van der Waals surface area contributed by atoms with Crippen LogP contribution in [0, 0.1) is 11.3 Å². The summed E-state index contributed by atoms with van der Waals surface area (Å²) in [5.41, 5.74) is 2.79. The van der Waals surface area contributed by atoms with Crippen LogP contribution in [0.1, 0.15) is 20.9 Å². The van der Waals surface area contributed by atoms with E-state index >= 15 is 0 Å². The van der Waals surface area contributed by atoms with Crippen LogP contribution in [0.3, 0.4) is 0 Å². The fourth-order valence-electron chi connectivity index (χ4n) is 4.02. The van der Waals surface area contributed by atoms with Gasteiger partial charge in [0.05, 0.1) is 41.2 Å². The van der Waals surface area contributed by atoms with Crippen molar-refractivity contribution < 1.29 is 28.5 Å². The highest BCUT2D eigenvalue weighted by Gasteiger charge is 2.21. The summed E-state index contributed by atoms with van der Waals surface area (Å²) in [7, 11) is 7.56. The minimum absolute atomic E-state index is 0.280. The molecule has 3 aromatic carbocycles. The topological polar surface area (TPSA) is 112 Å². The van der Waals surface area contributed by atoms with Crippen molar-refractivity contribution in [2.24, 2.45) is 0 Å². The molecule has 0 spiro atoms. The molecule has 41 heavy (non-hydrogen) atoms.